The van der Waals surface area contributed by atoms with Gasteiger partial charge in [0.1, 0.15) is 5.75 Å². The van der Waals surface area contributed by atoms with E-state index in [9.17, 15) is 0 Å². The largest absolute Gasteiger partial charge is 0.497 e. The Hall–Kier alpha value is -1.48. The molecule has 0 heterocycles. The zero-order valence-corrected chi connectivity index (χ0v) is 12.1. The van der Waals surface area contributed by atoms with Crippen LogP contribution in [-0.2, 0) is 0 Å². The van der Waals surface area contributed by atoms with Gasteiger partial charge in [-0.05, 0) is 48.9 Å². The van der Waals surface area contributed by atoms with Gasteiger partial charge in [-0.15, -0.1) is 0 Å². The molecule has 1 unspecified atom stereocenters. The van der Waals surface area contributed by atoms with Gasteiger partial charge >= 0.3 is 0 Å². The van der Waals surface area contributed by atoms with Gasteiger partial charge in [-0.3, -0.25) is 0 Å². The molecule has 0 bridgehead atoms. The first kappa shape index (κ1) is 13.0. The Kier molecular flexibility index (Phi) is 4.26. The lowest BCUT2D eigenvalue weighted by atomic mass is 10.1. The Balaban J connectivity index is 2.05. The minimum absolute atomic E-state index is 0.270. The fourth-order valence-electron chi connectivity index (χ4n) is 1.77. The third kappa shape index (κ3) is 3.26. The molecule has 0 amide bonds. The number of ether oxygens (including phenoxy) is 1. The summed E-state index contributed by atoms with van der Waals surface area (Å²) in [7, 11) is 1.67. The molecular weight excluding hydrogens is 290 g/mol. The van der Waals surface area contributed by atoms with Gasteiger partial charge < -0.3 is 10.1 Å². The molecular formula is C15H16BrNO. The second-order valence-electron chi connectivity index (χ2n) is 4.15. The van der Waals surface area contributed by atoms with E-state index in [-0.39, 0.29) is 6.04 Å². The number of nitrogens with one attached hydrogen (secondary N) is 1. The Morgan fingerprint density at radius 1 is 1.00 bits per heavy atom. The summed E-state index contributed by atoms with van der Waals surface area (Å²) in [6, 6.07) is 16.6. The van der Waals surface area contributed by atoms with Crippen LogP contribution in [0.4, 0.5) is 5.69 Å². The summed E-state index contributed by atoms with van der Waals surface area (Å²) in [5.74, 6) is 0.872. The van der Waals surface area contributed by atoms with Gasteiger partial charge in [0.2, 0.25) is 0 Å². The molecule has 1 N–H and O–H groups in total. The molecule has 2 nitrogen and oxygen atoms in total. The SMILES string of the molecule is COc1ccc(NC(C)c2ccc(Br)cc2)cc1. The van der Waals surface area contributed by atoms with Crippen molar-refractivity contribution < 1.29 is 4.74 Å². The second kappa shape index (κ2) is 5.91. The van der Waals surface area contributed by atoms with Crippen molar-refractivity contribution in [1.29, 1.82) is 0 Å². The first-order chi connectivity index (χ1) is 8.69. The van der Waals surface area contributed by atoms with Crippen molar-refractivity contribution in [3.8, 4) is 5.75 Å². The van der Waals surface area contributed by atoms with Crippen LogP contribution >= 0.6 is 15.9 Å². The number of hydrogen-bond acceptors (Lipinski definition) is 2. The number of anilines is 1. The number of hydrogen-bond donors (Lipinski definition) is 1. The van der Waals surface area contributed by atoms with Gasteiger partial charge in [0.25, 0.3) is 0 Å². The van der Waals surface area contributed by atoms with Gasteiger partial charge in [-0.25, -0.2) is 0 Å². The molecule has 0 radical (unpaired) electrons. The van der Waals surface area contributed by atoms with Crippen LogP contribution in [0.1, 0.15) is 18.5 Å². The van der Waals surface area contributed by atoms with E-state index in [1.54, 1.807) is 7.11 Å². The highest BCUT2D eigenvalue weighted by molar-refractivity contribution is 9.10. The van der Waals surface area contributed by atoms with Crippen molar-refractivity contribution in [2.45, 2.75) is 13.0 Å². The van der Waals surface area contributed by atoms with Crippen LogP contribution in [-0.4, -0.2) is 7.11 Å². The first-order valence-electron chi connectivity index (χ1n) is 5.85. The smallest absolute Gasteiger partial charge is 0.119 e. The Labute approximate surface area is 116 Å². The topological polar surface area (TPSA) is 21.3 Å². The molecule has 3 heteroatoms. The van der Waals surface area contributed by atoms with E-state index in [4.69, 9.17) is 4.74 Å². The highest BCUT2D eigenvalue weighted by Crippen LogP contribution is 2.22. The van der Waals surface area contributed by atoms with Crippen LogP contribution in [0.5, 0.6) is 5.75 Å². The summed E-state index contributed by atoms with van der Waals surface area (Å²) < 4.78 is 6.24. The van der Waals surface area contributed by atoms with Gasteiger partial charge in [-0.2, -0.15) is 0 Å². The third-order valence-electron chi connectivity index (χ3n) is 2.84. The van der Waals surface area contributed by atoms with Crippen LogP contribution < -0.4 is 10.1 Å². The van der Waals surface area contributed by atoms with Gasteiger partial charge in [0.15, 0.2) is 0 Å². The molecule has 2 aromatic carbocycles. The van der Waals surface area contributed by atoms with E-state index in [0.29, 0.717) is 0 Å². The average Bonchev–Trinajstić information content (AvgIpc) is 2.40. The summed E-state index contributed by atoms with van der Waals surface area (Å²) in [6.45, 7) is 2.15. The van der Waals surface area contributed by atoms with Crippen molar-refractivity contribution in [2.24, 2.45) is 0 Å². The predicted octanol–water partition coefficient (Wildman–Crippen LogP) is 4.63. The minimum atomic E-state index is 0.270. The fraction of sp³-hybridized carbons (Fsp3) is 0.200. The zero-order chi connectivity index (χ0) is 13.0. The zero-order valence-electron chi connectivity index (χ0n) is 10.5. The number of halogens is 1. The normalized spacial score (nSPS) is 11.9. The molecule has 0 fully saturated rings. The van der Waals surface area contributed by atoms with Crippen LogP contribution in [0.2, 0.25) is 0 Å². The number of benzene rings is 2. The second-order valence-corrected chi connectivity index (χ2v) is 5.06. The standard InChI is InChI=1S/C15H16BrNO/c1-11(12-3-5-13(16)6-4-12)17-14-7-9-15(18-2)10-8-14/h3-11,17H,1-2H3. The molecule has 0 saturated heterocycles. The maximum Gasteiger partial charge on any atom is 0.119 e. The molecule has 0 saturated carbocycles. The molecule has 2 rings (SSSR count). The number of methoxy groups -OCH3 is 1. The Bertz CT molecular complexity index is 493. The van der Waals surface area contributed by atoms with Gasteiger partial charge in [0.05, 0.1) is 7.11 Å². The average molecular weight is 306 g/mol. The summed E-state index contributed by atoms with van der Waals surface area (Å²) in [6.07, 6.45) is 0. The van der Waals surface area contributed by atoms with E-state index in [1.165, 1.54) is 5.56 Å². The van der Waals surface area contributed by atoms with E-state index >= 15 is 0 Å². The molecule has 0 aliphatic rings. The summed E-state index contributed by atoms with van der Waals surface area (Å²) in [4.78, 5) is 0. The van der Waals surface area contributed by atoms with Crippen LogP contribution in [0, 0.1) is 0 Å². The monoisotopic (exact) mass is 305 g/mol. The molecule has 0 aromatic heterocycles. The summed E-state index contributed by atoms with van der Waals surface area (Å²) in [5, 5.41) is 3.46. The van der Waals surface area contributed by atoms with Gasteiger partial charge in [-0.1, -0.05) is 28.1 Å². The molecule has 1 atom stereocenters. The van der Waals surface area contributed by atoms with Crippen molar-refractivity contribution in [3.63, 3.8) is 0 Å². The lowest BCUT2D eigenvalue weighted by molar-refractivity contribution is 0.415. The predicted molar refractivity (Wildman–Crippen MR) is 79.2 cm³/mol. The fourth-order valence-corrected chi connectivity index (χ4v) is 2.04. The van der Waals surface area contributed by atoms with Gasteiger partial charge in [0, 0.05) is 16.2 Å². The molecule has 0 aliphatic heterocycles. The lowest BCUT2D eigenvalue weighted by Crippen LogP contribution is -2.06. The van der Waals surface area contributed by atoms with E-state index in [0.717, 1.165) is 15.9 Å². The summed E-state index contributed by atoms with van der Waals surface area (Å²) >= 11 is 3.44. The maximum atomic E-state index is 5.14. The molecule has 18 heavy (non-hydrogen) atoms. The first-order valence-corrected chi connectivity index (χ1v) is 6.64. The van der Waals surface area contributed by atoms with Crippen LogP contribution in [0.15, 0.2) is 53.0 Å². The van der Waals surface area contributed by atoms with E-state index < -0.39 is 0 Å². The maximum absolute atomic E-state index is 5.14. The highest BCUT2D eigenvalue weighted by Gasteiger charge is 2.04. The number of rotatable bonds is 4. The molecule has 94 valence electrons. The Morgan fingerprint density at radius 2 is 1.61 bits per heavy atom. The van der Waals surface area contributed by atoms with Crippen LogP contribution in [0.25, 0.3) is 0 Å². The molecule has 2 aromatic rings. The highest BCUT2D eigenvalue weighted by atomic mass is 79.9. The minimum Gasteiger partial charge on any atom is -0.497 e. The van der Waals surface area contributed by atoms with E-state index in [2.05, 4.69) is 52.4 Å². The van der Waals surface area contributed by atoms with Crippen molar-refractivity contribution >= 4 is 21.6 Å². The third-order valence-corrected chi connectivity index (χ3v) is 3.37. The van der Waals surface area contributed by atoms with E-state index in [1.807, 2.05) is 24.3 Å². The molecule has 0 aliphatic carbocycles. The summed E-state index contributed by atoms with van der Waals surface area (Å²) in [5.41, 5.74) is 2.35. The lowest BCUT2D eigenvalue weighted by Gasteiger charge is -2.16. The van der Waals surface area contributed by atoms with Crippen LogP contribution in [0.3, 0.4) is 0 Å². The Morgan fingerprint density at radius 3 is 2.17 bits per heavy atom. The van der Waals surface area contributed by atoms with Crippen molar-refractivity contribution in [1.82, 2.24) is 0 Å². The van der Waals surface area contributed by atoms with Crippen molar-refractivity contribution in [3.05, 3.63) is 58.6 Å². The quantitative estimate of drug-likeness (QED) is 0.889. The van der Waals surface area contributed by atoms with Crippen molar-refractivity contribution in [2.75, 3.05) is 12.4 Å². The molecule has 0 spiro atoms.